The van der Waals surface area contributed by atoms with Crippen LogP contribution in [0.2, 0.25) is 0 Å². The Kier molecular flexibility index (Phi) is 4.61. The molecule has 1 fully saturated rings. The highest BCUT2D eigenvalue weighted by molar-refractivity contribution is 5.82. The number of rotatable bonds is 4. The Hall–Kier alpha value is -1.33. The van der Waals surface area contributed by atoms with Gasteiger partial charge in [0.05, 0.1) is 6.04 Å². The first-order valence-electron chi connectivity index (χ1n) is 6.78. The number of piperazine rings is 1. The number of furan rings is 1. The summed E-state index contributed by atoms with van der Waals surface area (Å²) in [5.41, 5.74) is 0. The van der Waals surface area contributed by atoms with Crippen LogP contribution in [0.5, 0.6) is 0 Å². The SMILES string of the molecule is Cc1ccc(CCN(C)C(=O)C2CN(C)CCN2)o1. The normalized spacial score (nSPS) is 20.5. The van der Waals surface area contributed by atoms with Crippen LogP contribution in [0.15, 0.2) is 16.5 Å². The molecular formula is C14H23N3O2. The highest BCUT2D eigenvalue weighted by atomic mass is 16.3. The maximum absolute atomic E-state index is 12.3. The number of hydrogen-bond donors (Lipinski definition) is 1. The summed E-state index contributed by atoms with van der Waals surface area (Å²) < 4.78 is 5.51. The summed E-state index contributed by atoms with van der Waals surface area (Å²) in [5, 5.41) is 3.28. The van der Waals surface area contributed by atoms with Crippen LogP contribution >= 0.6 is 0 Å². The minimum absolute atomic E-state index is 0.0814. The zero-order valence-electron chi connectivity index (χ0n) is 12.0. The molecule has 5 heteroatoms. The highest BCUT2D eigenvalue weighted by Crippen LogP contribution is 2.08. The minimum Gasteiger partial charge on any atom is -0.466 e. The summed E-state index contributed by atoms with van der Waals surface area (Å²) in [7, 11) is 3.90. The third-order valence-electron chi connectivity index (χ3n) is 3.54. The maximum Gasteiger partial charge on any atom is 0.240 e. The van der Waals surface area contributed by atoms with Crippen molar-refractivity contribution in [3.8, 4) is 0 Å². The van der Waals surface area contributed by atoms with E-state index in [0.29, 0.717) is 6.54 Å². The van der Waals surface area contributed by atoms with Crippen LogP contribution in [0.25, 0.3) is 0 Å². The molecule has 0 spiro atoms. The van der Waals surface area contributed by atoms with Crippen molar-refractivity contribution < 1.29 is 9.21 Å². The molecule has 0 radical (unpaired) electrons. The van der Waals surface area contributed by atoms with E-state index in [-0.39, 0.29) is 11.9 Å². The molecule has 1 unspecified atom stereocenters. The Bertz CT molecular complexity index is 430. The molecule has 1 N–H and O–H groups in total. The van der Waals surface area contributed by atoms with Crippen molar-refractivity contribution >= 4 is 5.91 Å². The van der Waals surface area contributed by atoms with Crippen molar-refractivity contribution in [1.29, 1.82) is 0 Å². The monoisotopic (exact) mass is 265 g/mol. The molecule has 1 atom stereocenters. The summed E-state index contributed by atoms with van der Waals surface area (Å²) in [6.07, 6.45) is 0.763. The Balaban J connectivity index is 1.81. The molecule has 0 bridgehead atoms. The maximum atomic E-state index is 12.3. The Labute approximate surface area is 114 Å². The fourth-order valence-corrected chi connectivity index (χ4v) is 2.34. The van der Waals surface area contributed by atoms with E-state index in [1.54, 1.807) is 4.90 Å². The van der Waals surface area contributed by atoms with Gasteiger partial charge in [0.15, 0.2) is 0 Å². The van der Waals surface area contributed by atoms with E-state index in [2.05, 4.69) is 10.2 Å². The van der Waals surface area contributed by atoms with Crippen molar-refractivity contribution in [2.24, 2.45) is 0 Å². The number of carbonyl (C=O) groups excluding carboxylic acids is 1. The fourth-order valence-electron chi connectivity index (χ4n) is 2.34. The van der Waals surface area contributed by atoms with E-state index in [4.69, 9.17) is 4.42 Å². The van der Waals surface area contributed by atoms with Gasteiger partial charge in [-0.25, -0.2) is 0 Å². The van der Waals surface area contributed by atoms with Crippen molar-refractivity contribution in [3.63, 3.8) is 0 Å². The van der Waals surface area contributed by atoms with Crippen LogP contribution in [0.1, 0.15) is 11.5 Å². The number of likely N-dealkylation sites (N-methyl/N-ethyl adjacent to an activating group) is 2. The zero-order valence-corrected chi connectivity index (χ0v) is 12.0. The second-order valence-electron chi connectivity index (χ2n) is 5.29. The van der Waals surface area contributed by atoms with Crippen LogP contribution in [0.3, 0.4) is 0 Å². The predicted molar refractivity (Wildman–Crippen MR) is 74.1 cm³/mol. The van der Waals surface area contributed by atoms with Gasteiger partial charge in [0.25, 0.3) is 0 Å². The number of amides is 1. The number of nitrogens with zero attached hydrogens (tertiary/aromatic N) is 2. The Morgan fingerprint density at radius 2 is 2.37 bits per heavy atom. The summed E-state index contributed by atoms with van der Waals surface area (Å²) in [6.45, 7) is 5.27. The van der Waals surface area contributed by atoms with Gasteiger partial charge in [-0.05, 0) is 26.1 Å². The van der Waals surface area contributed by atoms with Gasteiger partial charge in [0.2, 0.25) is 5.91 Å². The average Bonchev–Trinajstić information content (AvgIpc) is 2.81. The second kappa shape index (κ2) is 6.21. The molecule has 1 aliphatic rings. The van der Waals surface area contributed by atoms with Gasteiger partial charge in [-0.15, -0.1) is 0 Å². The lowest BCUT2D eigenvalue weighted by Gasteiger charge is -2.32. The van der Waals surface area contributed by atoms with Crippen molar-refractivity contribution in [2.75, 3.05) is 40.3 Å². The van der Waals surface area contributed by atoms with E-state index in [1.165, 1.54) is 0 Å². The molecule has 2 rings (SSSR count). The largest absolute Gasteiger partial charge is 0.466 e. The molecule has 1 aromatic rings. The summed E-state index contributed by atoms with van der Waals surface area (Å²) >= 11 is 0. The van der Waals surface area contributed by atoms with Gasteiger partial charge < -0.3 is 19.5 Å². The number of hydrogen-bond acceptors (Lipinski definition) is 4. The summed E-state index contributed by atoms with van der Waals surface area (Å²) in [6, 6.07) is 3.84. The van der Waals surface area contributed by atoms with Gasteiger partial charge >= 0.3 is 0 Å². The lowest BCUT2D eigenvalue weighted by molar-refractivity contribution is -0.133. The van der Waals surface area contributed by atoms with Crippen LogP contribution in [-0.4, -0.2) is 62.0 Å². The van der Waals surface area contributed by atoms with Crippen molar-refractivity contribution in [3.05, 3.63) is 23.7 Å². The van der Waals surface area contributed by atoms with Gasteiger partial charge in [-0.3, -0.25) is 4.79 Å². The third-order valence-corrected chi connectivity index (χ3v) is 3.54. The molecule has 1 aliphatic heterocycles. The van der Waals surface area contributed by atoms with Crippen molar-refractivity contribution in [1.82, 2.24) is 15.1 Å². The van der Waals surface area contributed by atoms with E-state index < -0.39 is 0 Å². The zero-order chi connectivity index (χ0) is 13.8. The standard InChI is InChI=1S/C14H23N3O2/c1-11-4-5-12(19-11)6-8-17(3)14(18)13-10-16(2)9-7-15-13/h4-5,13,15H,6-10H2,1-3H3. The molecule has 0 aromatic carbocycles. The molecular weight excluding hydrogens is 242 g/mol. The van der Waals surface area contributed by atoms with Crippen LogP contribution in [0.4, 0.5) is 0 Å². The van der Waals surface area contributed by atoms with Crippen LogP contribution in [-0.2, 0) is 11.2 Å². The van der Waals surface area contributed by atoms with Crippen molar-refractivity contribution in [2.45, 2.75) is 19.4 Å². The lowest BCUT2D eigenvalue weighted by atomic mass is 10.2. The molecule has 0 aliphatic carbocycles. The predicted octanol–water partition coefficient (Wildman–Crippen LogP) is 0.493. The smallest absolute Gasteiger partial charge is 0.240 e. The number of nitrogens with one attached hydrogen (secondary N) is 1. The van der Waals surface area contributed by atoms with E-state index in [0.717, 1.165) is 37.6 Å². The third kappa shape index (κ3) is 3.81. The number of aryl methyl sites for hydroxylation is 1. The van der Waals surface area contributed by atoms with Gasteiger partial charge in [-0.1, -0.05) is 0 Å². The molecule has 5 nitrogen and oxygen atoms in total. The van der Waals surface area contributed by atoms with Crippen LogP contribution < -0.4 is 5.32 Å². The first-order chi connectivity index (χ1) is 9.06. The quantitative estimate of drug-likeness (QED) is 0.861. The average molecular weight is 265 g/mol. The van der Waals surface area contributed by atoms with E-state index in [1.807, 2.05) is 33.2 Å². The Morgan fingerprint density at radius 3 is 3.00 bits per heavy atom. The van der Waals surface area contributed by atoms with Crippen LogP contribution in [0, 0.1) is 6.92 Å². The topological polar surface area (TPSA) is 48.7 Å². The van der Waals surface area contributed by atoms with Gasteiger partial charge in [0, 0.05) is 39.6 Å². The second-order valence-corrected chi connectivity index (χ2v) is 5.29. The molecule has 1 aromatic heterocycles. The molecule has 1 saturated heterocycles. The lowest BCUT2D eigenvalue weighted by Crippen LogP contribution is -2.56. The Morgan fingerprint density at radius 1 is 1.58 bits per heavy atom. The molecule has 2 heterocycles. The summed E-state index contributed by atoms with van der Waals surface area (Å²) in [4.78, 5) is 16.2. The molecule has 0 saturated carbocycles. The molecule has 1 amide bonds. The van der Waals surface area contributed by atoms with Gasteiger partial charge in [0.1, 0.15) is 11.5 Å². The van der Waals surface area contributed by atoms with E-state index in [9.17, 15) is 4.79 Å². The number of carbonyl (C=O) groups is 1. The molecule has 19 heavy (non-hydrogen) atoms. The first-order valence-corrected chi connectivity index (χ1v) is 6.78. The summed E-state index contributed by atoms with van der Waals surface area (Å²) in [5.74, 6) is 2.01. The minimum atomic E-state index is -0.0814. The van der Waals surface area contributed by atoms with E-state index >= 15 is 0 Å². The highest BCUT2D eigenvalue weighted by Gasteiger charge is 2.25. The first kappa shape index (κ1) is 14.1. The van der Waals surface area contributed by atoms with Gasteiger partial charge in [-0.2, -0.15) is 0 Å². The fraction of sp³-hybridized carbons (Fsp3) is 0.643. The molecule has 106 valence electrons.